The Bertz CT molecular complexity index is 759. The summed E-state index contributed by atoms with van der Waals surface area (Å²) in [6.45, 7) is 2.02. The first-order chi connectivity index (χ1) is 9.74. The fourth-order valence-electron chi connectivity index (χ4n) is 2.22. The molecule has 4 nitrogen and oxygen atoms in total. The Kier molecular flexibility index (Phi) is 3.28. The standard InChI is InChI=1S/C15H14N2O2S/c1-3-12-13(14(18)19-2)20-15-16-11(9-17(12)15)10-7-5-4-6-8-10/h4-9H,3H2,1-2H3. The van der Waals surface area contributed by atoms with Crippen molar-refractivity contribution in [1.29, 1.82) is 0 Å². The molecule has 0 unspecified atom stereocenters. The van der Waals surface area contributed by atoms with E-state index in [9.17, 15) is 4.79 Å². The number of esters is 1. The topological polar surface area (TPSA) is 43.6 Å². The van der Waals surface area contributed by atoms with Gasteiger partial charge in [-0.05, 0) is 6.42 Å². The summed E-state index contributed by atoms with van der Waals surface area (Å²) in [5.41, 5.74) is 2.94. The lowest BCUT2D eigenvalue weighted by atomic mass is 10.2. The van der Waals surface area contributed by atoms with Crippen LogP contribution in [0.5, 0.6) is 0 Å². The molecular weight excluding hydrogens is 272 g/mol. The third kappa shape index (κ3) is 2.00. The molecular formula is C15H14N2O2S. The number of thiazole rings is 1. The van der Waals surface area contributed by atoms with E-state index in [2.05, 4.69) is 4.98 Å². The Labute approximate surface area is 120 Å². The molecule has 1 aromatic carbocycles. The molecule has 102 valence electrons. The van der Waals surface area contributed by atoms with Crippen molar-refractivity contribution in [2.45, 2.75) is 13.3 Å². The van der Waals surface area contributed by atoms with Gasteiger partial charge in [-0.15, -0.1) is 0 Å². The Hall–Kier alpha value is -2.14. The minimum Gasteiger partial charge on any atom is -0.465 e. The number of aromatic nitrogens is 2. The zero-order valence-corrected chi connectivity index (χ0v) is 12.1. The highest BCUT2D eigenvalue weighted by atomic mass is 32.1. The summed E-state index contributed by atoms with van der Waals surface area (Å²) in [7, 11) is 1.40. The van der Waals surface area contributed by atoms with E-state index in [-0.39, 0.29) is 5.97 Å². The highest BCUT2D eigenvalue weighted by Gasteiger charge is 2.19. The number of carbonyl (C=O) groups is 1. The SMILES string of the molecule is CCc1c(C(=O)OC)sc2nc(-c3ccccc3)cn12. The quantitative estimate of drug-likeness (QED) is 0.693. The van der Waals surface area contributed by atoms with Gasteiger partial charge in [-0.1, -0.05) is 48.6 Å². The van der Waals surface area contributed by atoms with Crippen LogP contribution in [0.1, 0.15) is 22.3 Å². The first-order valence-corrected chi connectivity index (χ1v) is 7.20. The van der Waals surface area contributed by atoms with Crippen molar-refractivity contribution in [2.75, 3.05) is 7.11 Å². The monoisotopic (exact) mass is 286 g/mol. The first-order valence-electron chi connectivity index (χ1n) is 6.39. The number of rotatable bonds is 3. The predicted molar refractivity (Wildman–Crippen MR) is 79.2 cm³/mol. The molecule has 2 aromatic heterocycles. The summed E-state index contributed by atoms with van der Waals surface area (Å²) >= 11 is 1.37. The Morgan fingerprint density at radius 3 is 2.75 bits per heavy atom. The Morgan fingerprint density at radius 2 is 2.10 bits per heavy atom. The van der Waals surface area contributed by atoms with Crippen LogP contribution in [0.4, 0.5) is 0 Å². The summed E-state index contributed by atoms with van der Waals surface area (Å²) in [6, 6.07) is 10.0. The van der Waals surface area contributed by atoms with Crippen molar-refractivity contribution in [2.24, 2.45) is 0 Å². The molecule has 2 heterocycles. The summed E-state index contributed by atoms with van der Waals surface area (Å²) in [4.78, 5) is 17.8. The smallest absolute Gasteiger partial charge is 0.349 e. The van der Waals surface area contributed by atoms with Crippen LogP contribution in [0.3, 0.4) is 0 Å². The number of nitrogens with zero attached hydrogens (tertiary/aromatic N) is 2. The number of carbonyl (C=O) groups excluding carboxylic acids is 1. The molecule has 0 N–H and O–H groups in total. The van der Waals surface area contributed by atoms with Crippen LogP contribution in [0.15, 0.2) is 36.5 Å². The minimum atomic E-state index is -0.293. The van der Waals surface area contributed by atoms with Crippen molar-refractivity contribution in [3.8, 4) is 11.3 Å². The van der Waals surface area contributed by atoms with Gasteiger partial charge in [-0.3, -0.25) is 4.40 Å². The fraction of sp³-hybridized carbons (Fsp3) is 0.200. The number of hydrogen-bond acceptors (Lipinski definition) is 4. The third-order valence-electron chi connectivity index (χ3n) is 3.20. The maximum absolute atomic E-state index is 11.8. The lowest BCUT2D eigenvalue weighted by Crippen LogP contribution is -2.03. The van der Waals surface area contributed by atoms with E-state index in [1.54, 1.807) is 0 Å². The van der Waals surface area contributed by atoms with Crippen LogP contribution in [-0.4, -0.2) is 22.5 Å². The number of hydrogen-bond donors (Lipinski definition) is 0. The lowest BCUT2D eigenvalue weighted by Gasteiger charge is -1.99. The van der Waals surface area contributed by atoms with Gasteiger partial charge < -0.3 is 4.74 Å². The van der Waals surface area contributed by atoms with Crippen LogP contribution in [0.2, 0.25) is 0 Å². The molecule has 0 aliphatic heterocycles. The van der Waals surface area contributed by atoms with E-state index in [0.717, 1.165) is 28.3 Å². The second-order valence-electron chi connectivity index (χ2n) is 4.37. The van der Waals surface area contributed by atoms with E-state index >= 15 is 0 Å². The molecule has 0 fully saturated rings. The van der Waals surface area contributed by atoms with E-state index in [4.69, 9.17) is 4.74 Å². The highest BCUT2D eigenvalue weighted by Crippen LogP contribution is 2.28. The van der Waals surface area contributed by atoms with Crippen LogP contribution in [0.25, 0.3) is 16.2 Å². The van der Waals surface area contributed by atoms with Gasteiger partial charge in [-0.2, -0.15) is 0 Å². The van der Waals surface area contributed by atoms with Gasteiger partial charge in [0.05, 0.1) is 12.8 Å². The average molecular weight is 286 g/mol. The van der Waals surface area contributed by atoms with Crippen LogP contribution < -0.4 is 0 Å². The summed E-state index contributed by atoms with van der Waals surface area (Å²) < 4.78 is 6.81. The van der Waals surface area contributed by atoms with Crippen LogP contribution in [-0.2, 0) is 11.2 Å². The molecule has 0 spiro atoms. The lowest BCUT2D eigenvalue weighted by molar-refractivity contribution is 0.0604. The molecule has 0 bridgehead atoms. The molecule has 3 aromatic rings. The normalized spacial score (nSPS) is 10.9. The zero-order valence-electron chi connectivity index (χ0n) is 11.3. The van der Waals surface area contributed by atoms with Crippen molar-refractivity contribution in [1.82, 2.24) is 9.38 Å². The maximum Gasteiger partial charge on any atom is 0.349 e. The van der Waals surface area contributed by atoms with E-state index in [1.807, 2.05) is 47.9 Å². The van der Waals surface area contributed by atoms with Crippen molar-refractivity contribution in [3.05, 3.63) is 47.1 Å². The first kappa shape index (κ1) is 12.9. The Balaban J connectivity index is 2.14. The fourth-order valence-corrected chi connectivity index (χ4v) is 3.33. The van der Waals surface area contributed by atoms with Gasteiger partial charge in [0.15, 0.2) is 4.96 Å². The van der Waals surface area contributed by atoms with Crippen LogP contribution in [0, 0.1) is 0 Å². The molecule has 20 heavy (non-hydrogen) atoms. The van der Waals surface area contributed by atoms with E-state index in [1.165, 1.54) is 18.4 Å². The van der Waals surface area contributed by atoms with Crippen molar-refractivity contribution in [3.63, 3.8) is 0 Å². The molecule has 0 aliphatic rings. The molecule has 3 rings (SSSR count). The number of aryl methyl sites for hydroxylation is 1. The molecule has 5 heteroatoms. The van der Waals surface area contributed by atoms with E-state index in [0.29, 0.717) is 4.88 Å². The van der Waals surface area contributed by atoms with Crippen LogP contribution >= 0.6 is 11.3 Å². The average Bonchev–Trinajstić information content (AvgIpc) is 3.04. The molecule has 0 saturated carbocycles. The second kappa shape index (κ2) is 5.09. The van der Waals surface area contributed by atoms with Gasteiger partial charge in [0.1, 0.15) is 4.88 Å². The summed E-state index contributed by atoms with van der Waals surface area (Å²) in [5, 5.41) is 0. The van der Waals surface area contributed by atoms with Gasteiger partial charge in [0.2, 0.25) is 0 Å². The van der Waals surface area contributed by atoms with Gasteiger partial charge in [-0.25, -0.2) is 9.78 Å². The summed E-state index contributed by atoms with van der Waals surface area (Å²) in [6.07, 6.45) is 2.74. The molecule has 0 aliphatic carbocycles. The van der Waals surface area contributed by atoms with Crippen molar-refractivity contribution < 1.29 is 9.53 Å². The molecule has 0 saturated heterocycles. The second-order valence-corrected chi connectivity index (χ2v) is 5.35. The van der Waals surface area contributed by atoms with Gasteiger partial charge in [0, 0.05) is 17.5 Å². The number of methoxy groups -OCH3 is 1. The number of fused-ring (bicyclic) bond motifs is 1. The molecule has 0 atom stereocenters. The highest BCUT2D eigenvalue weighted by molar-refractivity contribution is 7.19. The van der Waals surface area contributed by atoms with E-state index < -0.39 is 0 Å². The van der Waals surface area contributed by atoms with Gasteiger partial charge in [0.25, 0.3) is 0 Å². The maximum atomic E-state index is 11.8. The largest absolute Gasteiger partial charge is 0.465 e. The van der Waals surface area contributed by atoms with Gasteiger partial charge >= 0.3 is 5.97 Å². The molecule has 0 radical (unpaired) electrons. The minimum absolute atomic E-state index is 0.293. The summed E-state index contributed by atoms with van der Waals surface area (Å²) in [5.74, 6) is -0.293. The number of imidazole rings is 1. The Morgan fingerprint density at radius 1 is 1.35 bits per heavy atom. The number of ether oxygens (including phenoxy) is 1. The third-order valence-corrected chi connectivity index (χ3v) is 4.27. The zero-order chi connectivity index (χ0) is 14.1. The van der Waals surface area contributed by atoms with Crippen molar-refractivity contribution >= 4 is 22.3 Å². The predicted octanol–water partition coefficient (Wildman–Crippen LogP) is 3.41. The molecule has 0 amide bonds. The number of benzene rings is 1.